The largest absolute Gasteiger partial charge is 0.445 e. The van der Waals surface area contributed by atoms with Crippen molar-refractivity contribution in [2.75, 3.05) is 11.4 Å². The van der Waals surface area contributed by atoms with Crippen LogP contribution in [0.25, 0.3) is 0 Å². The molecule has 1 radical (unpaired) electrons. The van der Waals surface area contributed by atoms with Crippen molar-refractivity contribution in [3.63, 3.8) is 0 Å². The highest BCUT2D eigenvalue weighted by Gasteiger charge is 2.48. The summed E-state index contributed by atoms with van der Waals surface area (Å²) in [5.74, 6) is 0.324. The summed E-state index contributed by atoms with van der Waals surface area (Å²) < 4.78 is 12.3. The maximum absolute atomic E-state index is 12.3. The van der Waals surface area contributed by atoms with E-state index < -0.39 is 20.1 Å². The van der Waals surface area contributed by atoms with Crippen LogP contribution in [0.2, 0.25) is 0 Å². The maximum Gasteiger partial charge on any atom is 0.407 e. The van der Waals surface area contributed by atoms with Crippen molar-refractivity contribution >= 4 is 47.7 Å². The van der Waals surface area contributed by atoms with Crippen molar-refractivity contribution in [3.8, 4) is 0 Å². The zero-order valence-corrected chi connectivity index (χ0v) is 25.5. The van der Waals surface area contributed by atoms with Crippen LogP contribution in [0, 0.1) is 21.4 Å². The molecular weight excluding hydrogens is 569 g/mol. The number of carbonyl (C=O) groups excluding carboxylic acids is 1. The fourth-order valence-electron chi connectivity index (χ4n) is 4.71. The first-order chi connectivity index (χ1) is 20.2. The van der Waals surface area contributed by atoms with Crippen molar-refractivity contribution in [2.24, 2.45) is 11.3 Å². The molecule has 1 fully saturated rings. The number of benzene rings is 3. The van der Waals surface area contributed by atoms with Gasteiger partial charge in [-0.3, -0.25) is 10.1 Å². The molecule has 0 aliphatic carbocycles. The number of nitro groups is 1. The van der Waals surface area contributed by atoms with Crippen molar-refractivity contribution in [3.05, 3.63) is 112 Å². The quantitative estimate of drug-likeness (QED) is 0.153. The lowest BCUT2D eigenvalue weighted by molar-refractivity contribution is -0.384. The van der Waals surface area contributed by atoms with E-state index in [2.05, 4.69) is 79.5 Å². The van der Waals surface area contributed by atoms with E-state index in [0.717, 1.165) is 17.4 Å². The van der Waals surface area contributed by atoms with Crippen molar-refractivity contribution < 1.29 is 18.9 Å². The Morgan fingerprint density at radius 1 is 1.05 bits per heavy atom. The number of non-ortho nitro benzene ring substituents is 1. The predicted octanol–water partition coefficient (Wildman–Crippen LogP) is 5.11. The van der Waals surface area contributed by atoms with Crippen LogP contribution in [0.4, 0.5) is 15.6 Å². The summed E-state index contributed by atoms with van der Waals surface area (Å²) in [5.41, 5.74) is 1.44. The number of amides is 1. The van der Waals surface area contributed by atoms with Gasteiger partial charge in [0.05, 0.1) is 17.2 Å². The average Bonchev–Trinajstić information content (AvgIpc) is 3.43. The van der Waals surface area contributed by atoms with Crippen LogP contribution in [-0.2, 0) is 22.3 Å². The number of aromatic nitrogens is 1. The monoisotopic (exact) mass is 601 g/mol. The first-order valence-electron chi connectivity index (χ1n) is 13.7. The minimum Gasteiger partial charge on any atom is -0.445 e. The number of hydrogen-bond acceptors (Lipinski definition) is 8. The Bertz CT molecular complexity index is 1460. The van der Waals surface area contributed by atoms with Gasteiger partial charge in [0.25, 0.3) is 14.7 Å². The van der Waals surface area contributed by atoms with Gasteiger partial charge in [0.2, 0.25) is 0 Å². The molecule has 2 heterocycles. The SMILES string of the molecule is CC(C)(C)C1CN(c2nc(CNC(=O)OCc3ccc([N+](=O)[O-])cc3)cs2)C1O[Si](c1ccccc1)c1ccccc1. The number of thiazole rings is 1. The highest BCUT2D eigenvalue weighted by Crippen LogP contribution is 2.43. The summed E-state index contributed by atoms with van der Waals surface area (Å²) in [6, 6.07) is 26.8. The molecule has 9 nitrogen and oxygen atoms in total. The molecule has 11 heteroatoms. The summed E-state index contributed by atoms with van der Waals surface area (Å²) >= 11 is 1.53. The lowest BCUT2D eigenvalue weighted by Gasteiger charge is -2.53. The van der Waals surface area contributed by atoms with Crippen molar-refractivity contribution in [1.29, 1.82) is 0 Å². The Morgan fingerprint density at radius 2 is 1.67 bits per heavy atom. The number of nitrogens with zero attached hydrogens (tertiary/aromatic N) is 3. The molecule has 217 valence electrons. The van der Waals surface area contributed by atoms with Crippen molar-refractivity contribution in [1.82, 2.24) is 10.3 Å². The van der Waals surface area contributed by atoms with Gasteiger partial charge in [-0.1, -0.05) is 81.4 Å². The van der Waals surface area contributed by atoms with E-state index in [0.29, 0.717) is 11.5 Å². The molecule has 5 rings (SSSR count). The van der Waals surface area contributed by atoms with Crippen molar-refractivity contribution in [2.45, 2.75) is 40.2 Å². The number of anilines is 1. The maximum atomic E-state index is 12.3. The van der Waals surface area contributed by atoms with Gasteiger partial charge in [0.15, 0.2) is 5.13 Å². The highest BCUT2D eigenvalue weighted by molar-refractivity contribution is 7.13. The zero-order valence-electron chi connectivity index (χ0n) is 23.7. The Morgan fingerprint density at radius 3 is 2.24 bits per heavy atom. The molecular formula is C31H33N4O5SSi. The Labute approximate surface area is 251 Å². The molecule has 1 aliphatic heterocycles. The van der Waals surface area contributed by atoms with Gasteiger partial charge in [0.1, 0.15) is 12.8 Å². The Hall–Kier alpha value is -4.06. The molecule has 0 spiro atoms. The second-order valence-electron chi connectivity index (χ2n) is 11.2. The van der Waals surface area contributed by atoms with Gasteiger partial charge in [-0.25, -0.2) is 9.78 Å². The fourth-order valence-corrected chi connectivity index (χ4v) is 7.70. The molecule has 1 saturated heterocycles. The van der Waals surface area contributed by atoms with E-state index in [4.69, 9.17) is 14.1 Å². The molecule has 1 aromatic heterocycles. The summed E-state index contributed by atoms with van der Waals surface area (Å²) in [7, 11) is -1.51. The summed E-state index contributed by atoms with van der Waals surface area (Å²) in [5, 5.41) is 18.7. The summed E-state index contributed by atoms with van der Waals surface area (Å²) in [6.45, 7) is 7.83. The van der Waals surface area contributed by atoms with Crippen LogP contribution >= 0.6 is 11.3 Å². The van der Waals surface area contributed by atoms with E-state index in [-0.39, 0.29) is 30.5 Å². The average molecular weight is 602 g/mol. The minimum absolute atomic E-state index is 0.0106. The summed E-state index contributed by atoms with van der Waals surface area (Å²) in [4.78, 5) is 29.7. The molecule has 1 aliphatic rings. The molecule has 3 aromatic carbocycles. The standard InChI is InChI=1S/C31H33N4O5SSi/c1-31(2,3)27-19-34(28(27)40-42(25-10-6-4-7-11-25)26-12-8-5-9-13-26)29-33-23(21-41-29)18-32-30(36)39-20-22-14-16-24(17-15-22)35(37)38/h4-17,21,27-28H,18-20H2,1-3H3,(H,32,36). The third-order valence-corrected chi connectivity index (χ3v) is 10.3. The number of nitrogens with one attached hydrogen (secondary N) is 1. The normalized spacial score (nSPS) is 16.6. The van der Waals surface area contributed by atoms with Crippen LogP contribution in [0.15, 0.2) is 90.3 Å². The van der Waals surface area contributed by atoms with Crippen LogP contribution in [0.5, 0.6) is 0 Å². The van der Waals surface area contributed by atoms with E-state index in [1.165, 1.54) is 33.8 Å². The number of hydrogen-bond donors (Lipinski definition) is 1. The Kier molecular flexibility index (Phi) is 9.00. The van der Waals surface area contributed by atoms with Crippen LogP contribution in [-0.4, -0.2) is 37.8 Å². The van der Waals surface area contributed by atoms with Gasteiger partial charge in [-0.05, 0) is 33.5 Å². The second-order valence-corrected chi connectivity index (χ2v) is 14.1. The van der Waals surface area contributed by atoms with Gasteiger partial charge < -0.3 is 19.4 Å². The third kappa shape index (κ3) is 7.04. The van der Waals surface area contributed by atoms with Gasteiger partial charge in [0, 0.05) is 30.0 Å². The second kappa shape index (κ2) is 12.8. The highest BCUT2D eigenvalue weighted by atomic mass is 32.1. The third-order valence-electron chi connectivity index (χ3n) is 7.18. The number of alkyl carbamates (subject to hydrolysis) is 1. The fraction of sp³-hybridized carbons (Fsp3) is 0.290. The first kappa shape index (κ1) is 29.4. The van der Waals surface area contributed by atoms with E-state index >= 15 is 0 Å². The van der Waals surface area contributed by atoms with E-state index in [1.54, 1.807) is 12.1 Å². The number of ether oxygens (including phenoxy) is 1. The topological polar surface area (TPSA) is 107 Å². The molecule has 2 unspecified atom stereocenters. The molecule has 1 amide bonds. The lowest BCUT2D eigenvalue weighted by Crippen LogP contribution is -2.65. The number of rotatable bonds is 10. The zero-order chi connectivity index (χ0) is 29.7. The molecule has 0 saturated carbocycles. The molecule has 0 bridgehead atoms. The van der Waals surface area contributed by atoms with Gasteiger partial charge in [-0.15, -0.1) is 11.3 Å². The van der Waals surface area contributed by atoms with E-state index in [1.807, 2.05) is 17.5 Å². The molecule has 1 N–H and O–H groups in total. The molecule has 42 heavy (non-hydrogen) atoms. The number of nitro benzene ring substituents is 1. The van der Waals surface area contributed by atoms with Gasteiger partial charge in [-0.2, -0.15) is 0 Å². The first-order valence-corrected chi connectivity index (χ1v) is 16.0. The van der Waals surface area contributed by atoms with Crippen LogP contribution in [0.3, 0.4) is 0 Å². The molecule has 4 aromatic rings. The smallest absolute Gasteiger partial charge is 0.407 e. The predicted molar refractivity (Wildman–Crippen MR) is 165 cm³/mol. The van der Waals surface area contributed by atoms with Crippen LogP contribution < -0.4 is 20.6 Å². The molecule has 2 atom stereocenters. The van der Waals surface area contributed by atoms with E-state index in [9.17, 15) is 14.9 Å². The number of carbonyl (C=O) groups is 1. The summed E-state index contributed by atoms with van der Waals surface area (Å²) in [6.07, 6.45) is -0.711. The minimum atomic E-state index is -1.51. The Balaban J connectivity index is 1.23. The van der Waals surface area contributed by atoms with Gasteiger partial charge >= 0.3 is 6.09 Å². The lowest BCUT2D eigenvalue weighted by atomic mass is 9.74. The van der Waals surface area contributed by atoms with Crippen LogP contribution in [0.1, 0.15) is 32.0 Å².